The molecule has 2 unspecified atom stereocenters. The molecule has 2 aromatic rings. The maximum Gasteiger partial charge on any atom is 0.307 e. The first-order valence-corrected chi connectivity index (χ1v) is 7.12. The molecule has 0 saturated heterocycles. The molecule has 2 nitrogen and oxygen atoms in total. The van der Waals surface area contributed by atoms with Crippen molar-refractivity contribution in [1.82, 2.24) is 0 Å². The molecule has 2 atom stereocenters. The van der Waals surface area contributed by atoms with Crippen molar-refractivity contribution < 1.29 is 14.3 Å². The van der Waals surface area contributed by atoms with Crippen LogP contribution in [0.5, 0.6) is 0 Å². The minimum absolute atomic E-state index is 0.0674. The molecule has 2 rings (SSSR count). The van der Waals surface area contributed by atoms with Crippen LogP contribution in [-0.4, -0.2) is 11.1 Å². The molecule has 21 heavy (non-hydrogen) atoms. The number of carboxylic acids is 1. The summed E-state index contributed by atoms with van der Waals surface area (Å²) in [6.45, 7) is 3.80. The van der Waals surface area contributed by atoms with E-state index < -0.39 is 11.9 Å². The van der Waals surface area contributed by atoms with Gasteiger partial charge in [0.2, 0.25) is 0 Å². The van der Waals surface area contributed by atoms with E-state index in [1.807, 2.05) is 38.1 Å². The number of carboxylic acid groups (broad SMARTS) is 1. The molecule has 0 aliphatic heterocycles. The Labute approximate surface area is 124 Å². The second-order valence-corrected chi connectivity index (χ2v) is 5.24. The molecular formula is C18H19FO2. The van der Waals surface area contributed by atoms with Gasteiger partial charge in [0.05, 0.1) is 5.92 Å². The summed E-state index contributed by atoms with van der Waals surface area (Å²) < 4.78 is 13.7. The largest absolute Gasteiger partial charge is 0.481 e. The molecule has 2 aromatic carbocycles. The van der Waals surface area contributed by atoms with E-state index in [1.165, 1.54) is 6.07 Å². The molecule has 0 radical (unpaired) electrons. The lowest BCUT2D eigenvalue weighted by molar-refractivity contribution is -0.142. The average Bonchev–Trinajstić information content (AvgIpc) is 2.48. The van der Waals surface area contributed by atoms with Crippen LogP contribution in [0.25, 0.3) is 11.1 Å². The van der Waals surface area contributed by atoms with Crippen molar-refractivity contribution in [1.29, 1.82) is 0 Å². The molecule has 0 bridgehead atoms. The first kappa shape index (κ1) is 15.2. The first-order valence-electron chi connectivity index (χ1n) is 7.12. The quantitative estimate of drug-likeness (QED) is 0.864. The number of rotatable bonds is 5. The number of benzene rings is 2. The van der Waals surface area contributed by atoms with Crippen molar-refractivity contribution in [3.8, 4) is 11.1 Å². The van der Waals surface area contributed by atoms with E-state index in [1.54, 1.807) is 18.2 Å². The van der Waals surface area contributed by atoms with Crippen molar-refractivity contribution in [2.45, 2.75) is 26.2 Å². The Morgan fingerprint density at radius 2 is 1.76 bits per heavy atom. The van der Waals surface area contributed by atoms with Gasteiger partial charge < -0.3 is 5.11 Å². The minimum atomic E-state index is -0.775. The van der Waals surface area contributed by atoms with Gasteiger partial charge in [-0.05, 0) is 29.5 Å². The molecule has 3 heteroatoms. The van der Waals surface area contributed by atoms with Gasteiger partial charge in [0.15, 0.2) is 0 Å². The zero-order valence-corrected chi connectivity index (χ0v) is 12.2. The minimum Gasteiger partial charge on any atom is -0.481 e. The highest BCUT2D eigenvalue weighted by Gasteiger charge is 2.23. The molecule has 0 spiro atoms. The Hall–Kier alpha value is -2.16. The van der Waals surface area contributed by atoms with Crippen LogP contribution in [0.1, 0.15) is 31.7 Å². The summed E-state index contributed by atoms with van der Waals surface area (Å²) in [4.78, 5) is 11.2. The number of hydrogen-bond acceptors (Lipinski definition) is 1. The van der Waals surface area contributed by atoms with Crippen LogP contribution in [0.3, 0.4) is 0 Å². The van der Waals surface area contributed by atoms with Crippen LogP contribution >= 0.6 is 0 Å². The average molecular weight is 286 g/mol. The molecule has 110 valence electrons. The summed E-state index contributed by atoms with van der Waals surface area (Å²) in [5.41, 5.74) is 2.32. The van der Waals surface area contributed by atoms with E-state index in [9.17, 15) is 14.3 Å². The topological polar surface area (TPSA) is 37.3 Å². The Balaban J connectivity index is 2.27. The fourth-order valence-corrected chi connectivity index (χ4v) is 2.64. The molecule has 0 heterocycles. The fraction of sp³-hybridized carbons (Fsp3) is 0.278. The predicted molar refractivity (Wildman–Crippen MR) is 81.7 cm³/mol. The zero-order chi connectivity index (χ0) is 15.4. The summed E-state index contributed by atoms with van der Waals surface area (Å²) in [7, 11) is 0. The molecule has 1 N–H and O–H groups in total. The van der Waals surface area contributed by atoms with Gasteiger partial charge in [-0.15, -0.1) is 0 Å². The molecule has 0 saturated carbocycles. The Morgan fingerprint density at radius 3 is 2.29 bits per heavy atom. The SMILES string of the molecule is CCC(C(=O)O)C(C)c1ccc(-c2ccccc2F)cc1. The van der Waals surface area contributed by atoms with Crippen molar-refractivity contribution in [2.24, 2.45) is 5.92 Å². The molecule has 0 aliphatic rings. The Morgan fingerprint density at radius 1 is 1.14 bits per heavy atom. The van der Waals surface area contributed by atoms with Crippen LogP contribution in [0, 0.1) is 11.7 Å². The number of carbonyl (C=O) groups is 1. The van der Waals surface area contributed by atoms with Crippen LogP contribution in [0.4, 0.5) is 4.39 Å². The molecular weight excluding hydrogens is 267 g/mol. The number of hydrogen-bond donors (Lipinski definition) is 1. The molecule has 0 fully saturated rings. The summed E-state index contributed by atoms with van der Waals surface area (Å²) in [6, 6.07) is 14.1. The van der Waals surface area contributed by atoms with E-state index in [0.29, 0.717) is 12.0 Å². The lowest BCUT2D eigenvalue weighted by Gasteiger charge is -2.19. The van der Waals surface area contributed by atoms with Gasteiger partial charge in [-0.1, -0.05) is 56.3 Å². The van der Waals surface area contributed by atoms with Gasteiger partial charge >= 0.3 is 5.97 Å². The highest BCUT2D eigenvalue weighted by molar-refractivity contribution is 5.71. The Kier molecular flexibility index (Phi) is 4.73. The van der Waals surface area contributed by atoms with Crippen LogP contribution in [0.15, 0.2) is 48.5 Å². The van der Waals surface area contributed by atoms with Gasteiger partial charge in [0.25, 0.3) is 0 Å². The third-order valence-electron chi connectivity index (χ3n) is 3.98. The van der Waals surface area contributed by atoms with Crippen molar-refractivity contribution in [3.05, 3.63) is 59.9 Å². The van der Waals surface area contributed by atoms with E-state index in [2.05, 4.69) is 0 Å². The molecule has 0 aliphatic carbocycles. The van der Waals surface area contributed by atoms with E-state index in [0.717, 1.165) is 11.1 Å². The van der Waals surface area contributed by atoms with Gasteiger partial charge in [-0.2, -0.15) is 0 Å². The van der Waals surface area contributed by atoms with Gasteiger partial charge in [-0.3, -0.25) is 4.79 Å². The van der Waals surface area contributed by atoms with E-state index in [-0.39, 0.29) is 11.7 Å². The molecule has 0 aromatic heterocycles. The summed E-state index contributed by atoms with van der Waals surface area (Å²) in [6.07, 6.45) is 0.589. The van der Waals surface area contributed by atoms with Gasteiger partial charge in [0, 0.05) is 5.56 Å². The molecule has 0 amide bonds. The maximum atomic E-state index is 13.7. The fourth-order valence-electron chi connectivity index (χ4n) is 2.64. The van der Waals surface area contributed by atoms with Crippen molar-refractivity contribution in [3.63, 3.8) is 0 Å². The standard InChI is InChI=1S/C18H19FO2/c1-3-15(18(20)21)12(2)13-8-10-14(11-9-13)16-6-4-5-7-17(16)19/h4-12,15H,3H2,1-2H3,(H,20,21). The summed E-state index contributed by atoms with van der Waals surface area (Å²) in [5.74, 6) is -1.50. The monoisotopic (exact) mass is 286 g/mol. The normalized spacial score (nSPS) is 13.7. The van der Waals surface area contributed by atoms with Crippen LogP contribution in [0.2, 0.25) is 0 Å². The van der Waals surface area contributed by atoms with Crippen molar-refractivity contribution in [2.75, 3.05) is 0 Å². The number of halogens is 1. The summed E-state index contributed by atoms with van der Waals surface area (Å²) >= 11 is 0. The number of aliphatic carboxylic acids is 1. The van der Waals surface area contributed by atoms with E-state index in [4.69, 9.17) is 0 Å². The lowest BCUT2D eigenvalue weighted by atomic mass is 9.85. The Bertz CT molecular complexity index is 619. The highest BCUT2D eigenvalue weighted by atomic mass is 19.1. The van der Waals surface area contributed by atoms with Crippen LogP contribution in [-0.2, 0) is 4.79 Å². The second kappa shape index (κ2) is 6.53. The van der Waals surface area contributed by atoms with E-state index >= 15 is 0 Å². The first-order chi connectivity index (χ1) is 10.0. The second-order valence-electron chi connectivity index (χ2n) is 5.24. The summed E-state index contributed by atoms with van der Waals surface area (Å²) in [5, 5.41) is 9.22. The third kappa shape index (κ3) is 3.30. The van der Waals surface area contributed by atoms with Crippen molar-refractivity contribution >= 4 is 5.97 Å². The predicted octanol–water partition coefficient (Wildman–Crippen LogP) is 4.71. The zero-order valence-electron chi connectivity index (χ0n) is 12.2. The maximum absolute atomic E-state index is 13.7. The third-order valence-corrected chi connectivity index (χ3v) is 3.98. The van der Waals surface area contributed by atoms with Gasteiger partial charge in [0.1, 0.15) is 5.82 Å². The van der Waals surface area contributed by atoms with Gasteiger partial charge in [-0.25, -0.2) is 4.39 Å². The highest BCUT2D eigenvalue weighted by Crippen LogP contribution is 2.29. The lowest BCUT2D eigenvalue weighted by Crippen LogP contribution is -2.19. The van der Waals surface area contributed by atoms with Crippen LogP contribution < -0.4 is 0 Å². The smallest absolute Gasteiger partial charge is 0.307 e.